The zero-order valence-corrected chi connectivity index (χ0v) is 18.0. The van der Waals surface area contributed by atoms with Crippen molar-refractivity contribution in [3.8, 4) is 46.0 Å². The van der Waals surface area contributed by atoms with E-state index in [1.807, 2.05) is 11.0 Å². The summed E-state index contributed by atoms with van der Waals surface area (Å²) in [7, 11) is 1.46. The Balaban J connectivity index is 1.93. The highest BCUT2D eigenvalue weighted by atomic mass is 19.1. The fourth-order valence-electron chi connectivity index (χ4n) is 3.99. The summed E-state index contributed by atoms with van der Waals surface area (Å²) in [4.78, 5) is 6.86. The quantitative estimate of drug-likeness (QED) is 0.627. The van der Waals surface area contributed by atoms with Crippen molar-refractivity contribution in [2.75, 3.05) is 25.1 Å². The second kappa shape index (κ2) is 9.15. The van der Waals surface area contributed by atoms with Gasteiger partial charge in [-0.05, 0) is 54.8 Å². The maximum atomic E-state index is 14.4. The van der Waals surface area contributed by atoms with E-state index in [1.165, 1.54) is 25.3 Å². The molecule has 0 bridgehead atoms. The maximum Gasteiger partial charge on any atom is 0.160 e. The minimum Gasteiger partial charge on any atom is -0.504 e. The standard InChI is InChI=1S/C25H22FN5O2/c1-33-23-5-4-16(12-22(23)32)24-20(15-2-3-17(13-27)21(26)11-15)10-18(14-28)25(30-24)31-8-6-19(29)7-9-31/h2-5,10-12,19,32H,6-9,29H2,1H3. The van der Waals surface area contributed by atoms with Crippen molar-refractivity contribution in [3.05, 3.63) is 59.4 Å². The van der Waals surface area contributed by atoms with Gasteiger partial charge in [0, 0.05) is 30.3 Å². The van der Waals surface area contributed by atoms with E-state index in [2.05, 4.69) is 6.07 Å². The Hall–Kier alpha value is -4.14. The van der Waals surface area contributed by atoms with E-state index >= 15 is 0 Å². The molecule has 0 aliphatic carbocycles. The van der Waals surface area contributed by atoms with Crippen molar-refractivity contribution >= 4 is 5.82 Å². The fourth-order valence-corrected chi connectivity index (χ4v) is 3.99. The largest absolute Gasteiger partial charge is 0.504 e. The van der Waals surface area contributed by atoms with Gasteiger partial charge in [-0.1, -0.05) is 6.07 Å². The van der Waals surface area contributed by atoms with Crippen LogP contribution in [0.4, 0.5) is 10.2 Å². The van der Waals surface area contributed by atoms with Crippen LogP contribution in [0.2, 0.25) is 0 Å². The molecule has 1 saturated heterocycles. The molecule has 7 nitrogen and oxygen atoms in total. The number of phenols is 1. The highest BCUT2D eigenvalue weighted by Gasteiger charge is 2.23. The lowest BCUT2D eigenvalue weighted by Crippen LogP contribution is -2.40. The van der Waals surface area contributed by atoms with E-state index in [0.717, 1.165) is 12.8 Å². The molecule has 0 amide bonds. The monoisotopic (exact) mass is 443 g/mol. The van der Waals surface area contributed by atoms with Crippen molar-refractivity contribution in [1.82, 2.24) is 4.98 Å². The van der Waals surface area contributed by atoms with Crippen LogP contribution in [0, 0.1) is 28.5 Å². The minimum absolute atomic E-state index is 0.0661. The summed E-state index contributed by atoms with van der Waals surface area (Å²) < 4.78 is 19.6. The number of anilines is 1. The van der Waals surface area contributed by atoms with Gasteiger partial charge >= 0.3 is 0 Å². The number of nitriles is 2. The summed E-state index contributed by atoms with van der Waals surface area (Å²) in [5.74, 6) is 0.103. The van der Waals surface area contributed by atoms with Crippen molar-refractivity contribution in [2.45, 2.75) is 18.9 Å². The van der Waals surface area contributed by atoms with Crippen LogP contribution in [-0.2, 0) is 0 Å². The predicted octanol–water partition coefficient (Wildman–Crippen LogP) is 3.94. The lowest BCUT2D eigenvalue weighted by molar-refractivity contribution is 0.373. The van der Waals surface area contributed by atoms with Crippen molar-refractivity contribution < 1.29 is 14.2 Å². The Kier molecular flexibility index (Phi) is 6.12. The molecule has 1 aromatic heterocycles. The van der Waals surface area contributed by atoms with Crippen LogP contribution in [0.15, 0.2) is 42.5 Å². The number of nitrogens with zero attached hydrogens (tertiary/aromatic N) is 4. The number of aromatic hydroxyl groups is 1. The topological polar surface area (TPSA) is 119 Å². The molecule has 0 unspecified atom stereocenters. The van der Waals surface area contributed by atoms with Gasteiger partial charge in [0.25, 0.3) is 0 Å². The molecule has 1 fully saturated rings. The summed E-state index contributed by atoms with van der Waals surface area (Å²) in [5, 5.41) is 29.3. The minimum atomic E-state index is -0.661. The number of ether oxygens (including phenoxy) is 1. The third kappa shape index (κ3) is 4.30. The molecule has 1 aliphatic rings. The lowest BCUT2D eigenvalue weighted by atomic mass is 9.96. The van der Waals surface area contributed by atoms with Crippen molar-refractivity contribution in [2.24, 2.45) is 5.73 Å². The van der Waals surface area contributed by atoms with Gasteiger partial charge in [0.2, 0.25) is 0 Å². The maximum absolute atomic E-state index is 14.4. The Morgan fingerprint density at radius 3 is 2.36 bits per heavy atom. The van der Waals surface area contributed by atoms with Gasteiger partial charge in [0.05, 0.1) is 23.9 Å². The highest BCUT2D eigenvalue weighted by Crippen LogP contribution is 2.39. The SMILES string of the molecule is COc1ccc(-c2nc(N3CCC(N)CC3)c(C#N)cc2-c2ccc(C#N)c(F)c2)cc1O. The second-order valence-electron chi connectivity index (χ2n) is 7.89. The smallest absolute Gasteiger partial charge is 0.160 e. The molecule has 2 heterocycles. The van der Waals surface area contributed by atoms with E-state index in [4.69, 9.17) is 20.7 Å². The zero-order valence-electron chi connectivity index (χ0n) is 18.0. The number of benzene rings is 2. The van der Waals surface area contributed by atoms with Gasteiger partial charge in [-0.15, -0.1) is 0 Å². The molecule has 4 rings (SSSR count). The first-order chi connectivity index (χ1) is 15.9. The third-order valence-corrected chi connectivity index (χ3v) is 5.81. The number of hydrogen-bond donors (Lipinski definition) is 2. The molecule has 2 aromatic carbocycles. The molecule has 0 atom stereocenters. The molecule has 1 aliphatic heterocycles. The van der Waals surface area contributed by atoms with Crippen LogP contribution >= 0.6 is 0 Å². The summed E-state index contributed by atoms with van der Waals surface area (Å²) in [6, 6.07) is 15.0. The molecule has 33 heavy (non-hydrogen) atoms. The van der Waals surface area contributed by atoms with Crippen LogP contribution < -0.4 is 15.4 Å². The Bertz CT molecular complexity index is 1290. The summed E-state index contributed by atoms with van der Waals surface area (Å²) in [6.45, 7) is 1.34. The molecule has 0 saturated carbocycles. The number of nitrogens with two attached hydrogens (primary N) is 1. The Morgan fingerprint density at radius 2 is 1.76 bits per heavy atom. The number of halogens is 1. The summed E-state index contributed by atoms with van der Waals surface area (Å²) in [6.07, 6.45) is 1.57. The van der Waals surface area contributed by atoms with E-state index in [9.17, 15) is 14.8 Å². The van der Waals surface area contributed by atoms with E-state index in [-0.39, 0.29) is 17.4 Å². The van der Waals surface area contributed by atoms with Gasteiger partial charge in [-0.25, -0.2) is 9.37 Å². The number of methoxy groups -OCH3 is 1. The molecule has 3 N–H and O–H groups in total. The number of phenolic OH excluding ortho intramolecular Hbond substituents is 1. The van der Waals surface area contributed by atoms with Crippen molar-refractivity contribution in [1.29, 1.82) is 10.5 Å². The average molecular weight is 443 g/mol. The first-order valence-electron chi connectivity index (χ1n) is 10.5. The zero-order chi connectivity index (χ0) is 23.5. The summed E-state index contributed by atoms with van der Waals surface area (Å²) >= 11 is 0. The number of pyridine rings is 1. The van der Waals surface area contributed by atoms with Gasteiger partial charge < -0.3 is 20.5 Å². The van der Waals surface area contributed by atoms with Crippen molar-refractivity contribution in [3.63, 3.8) is 0 Å². The van der Waals surface area contributed by atoms with Gasteiger partial charge in [-0.2, -0.15) is 10.5 Å². The third-order valence-electron chi connectivity index (χ3n) is 5.81. The first-order valence-corrected chi connectivity index (χ1v) is 10.5. The normalized spacial score (nSPS) is 13.9. The van der Waals surface area contributed by atoms with Crippen LogP contribution in [0.3, 0.4) is 0 Å². The molecule has 0 spiro atoms. The van der Waals surface area contributed by atoms with E-state index < -0.39 is 5.82 Å². The predicted molar refractivity (Wildman–Crippen MR) is 122 cm³/mol. The van der Waals surface area contributed by atoms with Gasteiger partial charge in [0.1, 0.15) is 23.8 Å². The number of hydrogen-bond acceptors (Lipinski definition) is 7. The summed E-state index contributed by atoms with van der Waals surface area (Å²) in [5.41, 5.74) is 8.35. The Labute approximate surface area is 191 Å². The van der Waals surface area contributed by atoms with Crippen LogP contribution in [0.25, 0.3) is 22.4 Å². The van der Waals surface area contributed by atoms with E-state index in [0.29, 0.717) is 52.6 Å². The molecule has 3 aromatic rings. The first kappa shape index (κ1) is 22.1. The van der Waals surface area contributed by atoms with Crippen LogP contribution in [0.5, 0.6) is 11.5 Å². The second-order valence-corrected chi connectivity index (χ2v) is 7.89. The highest BCUT2D eigenvalue weighted by molar-refractivity contribution is 5.85. The fraction of sp³-hybridized carbons (Fsp3) is 0.240. The lowest BCUT2D eigenvalue weighted by Gasteiger charge is -2.32. The molecule has 8 heteroatoms. The molecule has 0 radical (unpaired) electrons. The van der Waals surface area contributed by atoms with Gasteiger partial charge in [0.15, 0.2) is 11.5 Å². The number of piperidine rings is 1. The van der Waals surface area contributed by atoms with E-state index in [1.54, 1.807) is 24.3 Å². The number of aromatic nitrogens is 1. The van der Waals surface area contributed by atoms with Crippen LogP contribution in [-0.4, -0.2) is 36.3 Å². The van der Waals surface area contributed by atoms with Gasteiger partial charge in [-0.3, -0.25) is 0 Å². The molecule has 166 valence electrons. The molecular weight excluding hydrogens is 421 g/mol. The Morgan fingerprint density at radius 1 is 1.06 bits per heavy atom. The average Bonchev–Trinajstić information content (AvgIpc) is 2.83. The van der Waals surface area contributed by atoms with Crippen LogP contribution in [0.1, 0.15) is 24.0 Å². The number of rotatable bonds is 4. The molecular formula is C25H22FN5O2.